The average molecular weight is 505 g/mol. The standard InChI is InChI=1S/C33H32N2O3/c1-2-3-4-5-6-11-20-37-23-18-16-22(17-19-23)26-21-29(36)38-33-25-13-8-7-12-24(25)31-32(30(26)33)35-28-15-10-9-14-27(28)34-31/h7-10,12-19,26H,2-6,11,20-21H2,1H3/t26-/m1/s1. The fourth-order valence-corrected chi connectivity index (χ4v) is 5.53. The first-order chi connectivity index (χ1) is 18.7. The molecule has 5 aromatic rings. The Bertz CT molecular complexity index is 1610. The molecule has 4 aromatic carbocycles. The Labute approximate surface area is 222 Å². The molecule has 0 unspecified atom stereocenters. The number of nitrogens with zero attached hydrogens (tertiary/aromatic N) is 2. The quantitative estimate of drug-likeness (QED) is 0.0667. The van der Waals surface area contributed by atoms with E-state index in [1.54, 1.807) is 0 Å². The van der Waals surface area contributed by atoms with E-state index >= 15 is 0 Å². The second-order valence-electron chi connectivity index (χ2n) is 10.1. The first kappa shape index (κ1) is 24.4. The van der Waals surface area contributed by atoms with Crippen molar-refractivity contribution in [1.29, 1.82) is 0 Å². The van der Waals surface area contributed by atoms with Gasteiger partial charge in [0.15, 0.2) is 0 Å². The molecule has 1 aliphatic rings. The predicted octanol–water partition coefficient (Wildman–Crippen LogP) is 8.12. The SMILES string of the molecule is CCCCCCCCOc1ccc([C@H]2CC(=O)Oc3c2c2nc4ccccc4nc2c2ccccc32)cc1. The van der Waals surface area contributed by atoms with Crippen LogP contribution >= 0.6 is 0 Å². The summed E-state index contributed by atoms with van der Waals surface area (Å²) in [6.07, 6.45) is 7.69. The summed E-state index contributed by atoms with van der Waals surface area (Å²) in [6, 6.07) is 24.0. The normalized spacial score (nSPS) is 15.1. The fraction of sp³-hybridized carbons (Fsp3) is 0.303. The summed E-state index contributed by atoms with van der Waals surface area (Å²) in [4.78, 5) is 22.9. The van der Waals surface area contributed by atoms with E-state index in [1.807, 2.05) is 60.7 Å². The van der Waals surface area contributed by atoms with Gasteiger partial charge >= 0.3 is 5.97 Å². The zero-order valence-corrected chi connectivity index (χ0v) is 21.8. The predicted molar refractivity (Wildman–Crippen MR) is 152 cm³/mol. The number of rotatable bonds is 9. The highest BCUT2D eigenvalue weighted by Gasteiger charge is 2.33. The Morgan fingerprint density at radius 2 is 1.45 bits per heavy atom. The van der Waals surface area contributed by atoms with Crippen LogP contribution in [0.25, 0.3) is 32.8 Å². The van der Waals surface area contributed by atoms with Gasteiger partial charge in [-0.15, -0.1) is 0 Å². The minimum Gasteiger partial charge on any atom is -0.494 e. The van der Waals surface area contributed by atoms with Crippen molar-refractivity contribution in [1.82, 2.24) is 9.97 Å². The van der Waals surface area contributed by atoms with Gasteiger partial charge < -0.3 is 9.47 Å². The van der Waals surface area contributed by atoms with Gasteiger partial charge in [-0.25, -0.2) is 9.97 Å². The van der Waals surface area contributed by atoms with Gasteiger partial charge in [-0.2, -0.15) is 0 Å². The summed E-state index contributed by atoms with van der Waals surface area (Å²) in [5.74, 6) is 1.04. The molecule has 0 radical (unpaired) electrons. The zero-order chi connectivity index (χ0) is 25.9. The average Bonchev–Trinajstić information content (AvgIpc) is 2.96. The lowest BCUT2D eigenvalue weighted by Gasteiger charge is -2.27. The van der Waals surface area contributed by atoms with E-state index in [-0.39, 0.29) is 18.3 Å². The molecular weight excluding hydrogens is 472 g/mol. The van der Waals surface area contributed by atoms with E-state index < -0.39 is 0 Å². The highest BCUT2D eigenvalue weighted by atomic mass is 16.5. The lowest BCUT2D eigenvalue weighted by Crippen LogP contribution is -2.22. The van der Waals surface area contributed by atoms with Crippen molar-refractivity contribution in [3.63, 3.8) is 0 Å². The van der Waals surface area contributed by atoms with Crippen LogP contribution in [0.3, 0.4) is 0 Å². The van der Waals surface area contributed by atoms with Gasteiger partial charge in [0.25, 0.3) is 0 Å². The fourth-order valence-electron chi connectivity index (χ4n) is 5.53. The van der Waals surface area contributed by atoms with Crippen molar-refractivity contribution >= 4 is 38.8 Å². The molecule has 192 valence electrons. The number of aromatic nitrogens is 2. The molecule has 1 aliphatic heterocycles. The van der Waals surface area contributed by atoms with E-state index in [2.05, 4.69) is 19.1 Å². The van der Waals surface area contributed by atoms with Crippen LogP contribution in [0.15, 0.2) is 72.8 Å². The molecule has 0 bridgehead atoms. The number of carbonyl (C=O) groups excluding carboxylic acids is 1. The minimum absolute atomic E-state index is 0.179. The molecule has 0 N–H and O–H groups in total. The van der Waals surface area contributed by atoms with Gasteiger partial charge in [0.2, 0.25) is 0 Å². The van der Waals surface area contributed by atoms with Crippen molar-refractivity contribution in [3.05, 3.63) is 83.9 Å². The van der Waals surface area contributed by atoms with Crippen LogP contribution in [0.1, 0.15) is 68.9 Å². The van der Waals surface area contributed by atoms with Crippen molar-refractivity contribution in [3.8, 4) is 11.5 Å². The van der Waals surface area contributed by atoms with Crippen molar-refractivity contribution in [2.24, 2.45) is 0 Å². The molecule has 5 heteroatoms. The van der Waals surface area contributed by atoms with Crippen LogP contribution in [-0.2, 0) is 4.79 Å². The molecule has 1 atom stereocenters. The molecule has 1 aromatic heterocycles. The zero-order valence-electron chi connectivity index (χ0n) is 21.8. The Balaban J connectivity index is 1.36. The Kier molecular flexibility index (Phi) is 6.91. The Hall–Kier alpha value is -3.99. The molecule has 38 heavy (non-hydrogen) atoms. The van der Waals surface area contributed by atoms with Crippen LogP contribution in [-0.4, -0.2) is 22.5 Å². The van der Waals surface area contributed by atoms with Crippen LogP contribution in [0.2, 0.25) is 0 Å². The lowest BCUT2D eigenvalue weighted by molar-refractivity contribution is -0.135. The Morgan fingerprint density at radius 3 is 2.21 bits per heavy atom. The molecule has 0 amide bonds. The molecule has 2 heterocycles. The third-order valence-corrected chi connectivity index (χ3v) is 7.48. The van der Waals surface area contributed by atoms with Crippen molar-refractivity contribution in [2.45, 2.75) is 57.8 Å². The number of para-hydroxylation sites is 2. The van der Waals surface area contributed by atoms with Gasteiger partial charge in [0, 0.05) is 22.3 Å². The van der Waals surface area contributed by atoms with E-state index in [0.717, 1.165) is 62.7 Å². The summed E-state index contributed by atoms with van der Waals surface area (Å²) >= 11 is 0. The van der Waals surface area contributed by atoms with E-state index in [0.29, 0.717) is 5.75 Å². The van der Waals surface area contributed by atoms with Crippen molar-refractivity contribution < 1.29 is 14.3 Å². The maximum Gasteiger partial charge on any atom is 0.312 e. The number of hydrogen-bond acceptors (Lipinski definition) is 5. The summed E-state index contributed by atoms with van der Waals surface area (Å²) < 4.78 is 11.9. The van der Waals surface area contributed by atoms with Gasteiger partial charge in [-0.3, -0.25) is 4.79 Å². The third-order valence-electron chi connectivity index (χ3n) is 7.48. The third kappa shape index (κ3) is 4.69. The van der Waals surface area contributed by atoms with E-state index in [1.165, 1.54) is 32.1 Å². The smallest absolute Gasteiger partial charge is 0.312 e. The van der Waals surface area contributed by atoms with Crippen molar-refractivity contribution in [2.75, 3.05) is 6.61 Å². The maximum atomic E-state index is 12.9. The molecule has 5 nitrogen and oxygen atoms in total. The summed E-state index contributed by atoms with van der Waals surface area (Å²) in [7, 11) is 0. The molecule has 0 aliphatic carbocycles. The molecule has 6 rings (SSSR count). The van der Waals surface area contributed by atoms with Gasteiger partial charge in [0.1, 0.15) is 11.5 Å². The lowest BCUT2D eigenvalue weighted by atomic mass is 9.83. The van der Waals surface area contributed by atoms with Gasteiger partial charge in [-0.05, 0) is 36.2 Å². The molecule has 0 fully saturated rings. The molecule has 0 spiro atoms. The Morgan fingerprint density at radius 1 is 0.789 bits per heavy atom. The minimum atomic E-state index is -0.232. The monoisotopic (exact) mass is 504 g/mol. The molecule has 0 saturated heterocycles. The number of esters is 1. The first-order valence-corrected chi connectivity index (χ1v) is 13.8. The van der Waals surface area contributed by atoms with Crippen LogP contribution in [0.5, 0.6) is 11.5 Å². The number of hydrogen-bond donors (Lipinski definition) is 0. The van der Waals surface area contributed by atoms with E-state index in [4.69, 9.17) is 19.4 Å². The van der Waals surface area contributed by atoms with Gasteiger partial charge in [-0.1, -0.05) is 87.6 Å². The largest absolute Gasteiger partial charge is 0.494 e. The summed E-state index contributed by atoms with van der Waals surface area (Å²) in [5, 5.41) is 1.82. The number of fused-ring (bicyclic) bond motifs is 7. The highest BCUT2D eigenvalue weighted by molar-refractivity contribution is 6.12. The molecule has 0 saturated carbocycles. The molecular formula is C33H32N2O3. The van der Waals surface area contributed by atoms with E-state index in [9.17, 15) is 4.79 Å². The number of ether oxygens (including phenoxy) is 2. The second-order valence-corrected chi connectivity index (χ2v) is 10.1. The highest BCUT2D eigenvalue weighted by Crippen LogP contribution is 2.47. The number of unbranched alkanes of at least 4 members (excludes halogenated alkanes) is 5. The van der Waals surface area contributed by atoms with Crippen LogP contribution in [0.4, 0.5) is 0 Å². The number of carbonyl (C=O) groups is 1. The van der Waals surface area contributed by atoms with Crippen LogP contribution < -0.4 is 9.47 Å². The number of benzene rings is 4. The first-order valence-electron chi connectivity index (χ1n) is 13.8. The topological polar surface area (TPSA) is 61.3 Å². The summed E-state index contributed by atoms with van der Waals surface area (Å²) in [5.41, 5.74) is 5.27. The maximum absolute atomic E-state index is 12.9. The van der Waals surface area contributed by atoms with Gasteiger partial charge in [0.05, 0.1) is 35.1 Å². The summed E-state index contributed by atoms with van der Waals surface area (Å²) in [6.45, 7) is 2.96. The van der Waals surface area contributed by atoms with Crippen LogP contribution in [0, 0.1) is 0 Å². The second kappa shape index (κ2) is 10.8.